The Labute approximate surface area is 102 Å². The molecule has 0 aliphatic rings. The minimum absolute atomic E-state index is 0.0464. The van der Waals surface area contributed by atoms with E-state index in [0.29, 0.717) is 0 Å². The van der Waals surface area contributed by atoms with Gasteiger partial charge in [0.05, 0.1) is 4.47 Å². The molecule has 1 aromatic heterocycles. The zero-order chi connectivity index (χ0) is 12.6. The van der Waals surface area contributed by atoms with Crippen LogP contribution >= 0.6 is 15.9 Å². The molecule has 0 saturated carbocycles. The van der Waals surface area contributed by atoms with E-state index < -0.39 is 17.7 Å². The standard InChI is InChI=1S/C10H5BrF4N2/c11-6-2-1-3-7(9(6)12)17-5-4-8(16-17)10(13,14)15/h1-5H. The van der Waals surface area contributed by atoms with Gasteiger partial charge < -0.3 is 0 Å². The first-order valence-electron chi connectivity index (χ1n) is 4.47. The molecule has 90 valence electrons. The van der Waals surface area contributed by atoms with Gasteiger partial charge in [0.15, 0.2) is 11.5 Å². The molecule has 0 saturated heterocycles. The number of hydrogen-bond donors (Lipinski definition) is 0. The van der Waals surface area contributed by atoms with Gasteiger partial charge in [0.1, 0.15) is 5.69 Å². The van der Waals surface area contributed by atoms with Crippen LogP contribution in [0.4, 0.5) is 17.6 Å². The van der Waals surface area contributed by atoms with Crippen molar-refractivity contribution in [2.24, 2.45) is 0 Å². The maximum Gasteiger partial charge on any atom is 0.435 e. The summed E-state index contributed by atoms with van der Waals surface area (Å²) in [5.41, 5.74) is -1.10. The van der Waals surface area contributed by atoms with Gasteiger partial charge in [-0.1, -0.05) is 6.07 Å². The topological polar surface area (TPSA) is 17.8 Å². The average molecular weight is 309 g/mol. The second-order valence-corrected chi connectivity index (χ2v) is 4.07. The van der Waals surface area contributed by atoms with Crippen LogP contribution in [0, 0.1) is 5.82 Å². The van der Waals surface area contributed by atoms with E-state index in [1.165, 1.54) is 18.2 Å². The lowest BCUT2D eigenvalue weighted by atomic mass is 10.3. The monoisotopic (exact) mass is 308 g/mol. The van der Waals surface area contributed by atoms with E-state index in [9.17, 15) is 17.6 Å². The van der Waals surface area contributed by atoms with Crippen LogP contribution in [-0.2, 0) is 6.18 Å². The zero-order valence-corrected chi connectivity index (χ0v) is 9.76. The summed E-state index contributed by atoms with van der Waals surface area (Å²) in [6.07, 6.45) is -3.47. The van der Waals surface area contributed by atoms with Gasteiger partial charge in [-0.2, -0.15) is 18.3 Å². The maximum atomic E-state index is 13.6. The normalized spacial score (nSPS) is 11.8. The lowest BCUT2D eigenvalue weighted by Crippen LogP contribution is -2.07. The Morgan fingerprint density at radius 1 is 1.18 bits per heavy atom. The smallest absolute Gasteiger partial charge is 0.237 e. The molecule has 0 unspecified atom stereocenters. The molecule has 2 nitrogen and oxygen atoms in total. The third-order valence-corrected chi connectivity index (χ3v) is 2.67. The maximum absolute atomic E-state index is 13.6. The quantitative estimate of drug-likeness (QED) is 0.733. The molecule has 2 aromatic rings. The zero-order valence-electron chi connectivity index (χ0n) is 8.17. The third kappa shape index (κ3) is 2.33. The van der Waals surface area contributed by atoms with Crippen LogP contribution in [0.1, 0.15) is 5.69 Å². The van der Waals surface area contributed by atoms with E-state index in [1.807, 2.05) is 0 Å². The van der Waals surface area contributed by atoms with Crippen molar-refractivity contribution in [3.05, 3.63) is 46.4 Å². The highest BCUT2D eigenvalue weighted by Gasteiger charge is 2.33. The molecule has 0 bridgehead atoms. The second kappa shape index (κ2) is 4.14. The van der Waals surface area contributed by atoms with Gasteiger partial charge in [0, 0.05) is 6.20 Å². The number of alkyl halides is 3. The number of hydrogen-bond acceptors (Lipinski definition) is 1. The van der Waals surface area contributed by atoms with Crippen molar-refractivity contribution < 1.29 is 17.6 Å². The molecule has 0 amide bonds. The van der Waals surface area contributed by atoms with Gasteiger partial charge in [-0.25, -0.2) is 9.07 Å². The summed E-state index contributed by atoms with van der Waals surface area (Å²) in [6.45, 7) is 0. The molecule has 1 aromatic carbocycles. The van der Waals surface area contributed by atoms with Gasteiger partial charge in [0.2, 0.25) is 0 Å². The van der Waals surface area contributed by atoms with E-state index >= 15 is 0 Å². The molecule has 0 aliphatic heterocycles. The van der Waals surface area contributed by atoms with E-state index in [-0.39, 0.29) is 10.2 Å². The minimum Gasteiger partial charge on any atom is -0.237 e. The van der Waals surface area contributed by atoms with Crippen LogP contribution in [0.25, 0.3) is 5.69 Å². The molecule has 17 heavy (non-hydrogen) atoms. The highest BCUT2D eigenvalue weighted by molar-refractivity contribution is 9.10. The van der Waals surface area contributed by atoms with Crippen LogP contribution in [-0.4, -0.2) is 9.78 Å². The molecular weight excluding hydrogens is 304 g/mol. The number of benzene rings is 1. The highest BCUT2D eigenvalue weighted by Crippen LogP contribution is 2.28. The Morgan fingerprint density at radius 2 is 1.88 bits per heavy atom. The van der Waals surface area contributed by atoms with Crippen molar-refractivity contribution in [2.45, 2.75) is 6.18 Å². The number of aromatic nitrogens is 2. The first-order chi connectivity index (χ1) is 7.89. The molecule has 0 atom stereocenters. The predicted octanol–water partition coefficient (Wildman–Crippen LogP) is 3.79. The minimum atomic E-state index is -4.53. The average Bonchev–Trinajstić information content (AvgIpc) is 2.70. The van der Waals surface area contributed by atoms with Crippen molar-refractivity contribution in [1.29, 1.82) is 0 Å². The van der Waals surface area contributed by atoms with Gasteiger partial charge >= 0.3 is 6.18 Å². The summed E-state index contributed by atoms with van der Waals surface area (Å²) in [5, 5.41) is 3.28. The fourth-order valence-electron chi connectivity index (χ4n) is 1.28. The molecule has 0 spiro atoms. The molecular formula is C10H5BrF4N2. The van der Waals surface area contributed by atoms with E-state index in [4.69, 9.17) is 0 Å². The van der Waals surface area contributed by atoms with Crippen LogP contribution in [0.3, 0.4) is 0 Å². The molecule has 2 rings (SSSR count). The fraction of sp³-hybridized carbons (Fsp3) is 0.100. The Kier molecular flexibility index (Phi) is 2.94. The lowest BCUT2D eigenvalue weighted by molar-refractivity contribution is -0.141. The molecule has 7 heteroatoms. The van der Waals surface area contributed by atoms with Crippen molar-refractivity contribution >= 4 is 15.9 Å². The third-order valence-electron chi connectivity index (χ3n) is 2.06. The SMILES string of the molecule is Fc1c(Br)cccc1-n1ccc(C(F)(F)F)n1. The fourth-order valence-corrected chi connectivity index (χ4v) is 1.63. The molecule has 0 fully saturated rings. The largest absolute Gasteiger partial charge is 0.435 e. The Bertz CT molecular complexity index is 547. The second-order valence-electron chi connectivity index (χ2n) is 3.22. The summed E-state index contributed by atoms with van der Waals surface area (Å²) >= 11 is 2.95. The predicted molar refractivity (Wildman–Crippen MR) is 56.2 cm³/mol. The molecule has 0 N–H and O–H groups in total. The van der Waals surface area contributed by atoms with Crippen LogP contribution in [0.5, 0.6) is 0 Å². The summed E-state index contributed by atoms with van der Waals surface area (Å²) in [4.78, 5) is 0. The van der Waals surface area contributed by atoms with Crippen LogP contribution in [0.2, 0.25) is 0 Å². The highest BCUT2D eigenvalue weighted by atomic mass is 79.9. The summed E-state index contributed by atoms with van der Waals surface area (Å²) in [7, 11) is 0. The van der Waals surface area contributed by atoms with Crippen molar-refractivity contribution in [3.8, 4) is 5.69 Å². The summed E-state index contributed by atoms with van der Waals surface area (Å²) in [5.74, 6) is -0.663. The van der Waals surface area contributed by atoms with Gasteiger partial charge in [-0.15, -0.1) is 0 Å². The summed E-state index contributed by atoms with van der Waals surface area (Å²) in [6, 6.07) is 5.10. The first-order valence-corrected chi connectivity index (χ1v) is 5.26. The Hall–Kier alpha value is -1.37. The van der Waals surface area contributed by atoms with Gasteiger partial charge in [0.25, 0.3) is 0 Å². The van der Waals surface area contributed by atoms with Crippen molar-refractivity contribution in [3.63, 3.8) is 0 Å². The lowest BCUT2D eigenvalue weighted by Gasteiger charge is -2.05. The van der Waals surface area contributed by atoms with Crippen molar-refractivity contribution in [2.75, 3.05) is 0 Å². The number of rotatable bonds is 1. The van der Waals surface area contributed by atoms with Gasteiger partial charge in [-0.05, 0) is 34.1 Å². The molecule has 0 radical (unpaired) electrons. The summed E-state index contributed by atoms with van der Waals surface area (Å²) < 4.78 is 51.6. The van der Waals surface area contributed by atoms with E-state index in [0.717, 1.165) is 16.9 Å². The van der Waals surface area contributed by atoms with Crippen LogP contribution in [0.15, 0.2) is 34.9 Å². The number of halogens is 5. The van der Waals surface area contributed by atoms with E-state index in [2.05, 4.69) is 21.0 Å². The van der Waals surface area contributed by atoms with Gasteiger partial charge in [-0.3, -0.25) is 0 Å². The molecule has 0 aliphatic carbocycles. The van der Waals surface area contributed by atoms with E-state index in [1.54, 1.807) is 0 Å². The van der Waals surface area contributed by atoms with Crippen LogP contribution < -0.4 is 0 Å². The first kappa shape index (κ1) is 12.1. The number of nitrogens with zero attached hydrogens (tertiary/aromatic N) is 2. The van der Waals surface area contributed by atoms with Crippen molar-refractivity contribution in [1.82, 2.24) is 9.78 Å². The molecule has 1 heterocycles. The Morgan fingerprint density at radius 3 is 2.47 bits per heavy atom. The Balaban J connectivity index is 2.48.